The van der Waals surface area contributed by atoms with Crippen LogP contribution < -0.4 is 5.56 Å². The summed E-state index contributed by atoms with van der Waals surface area (Å²) < 4.78 is 1.65. The Morgan fingerprint density at radius 1 is 1.15 bits per heavy atom. The first kappa shape index (κ1) is 19.9. The van der Waals surface area contributed by atoms with Crippen LogP contribution in [0.2, 0.25) is 0 Å². The van der Waals surface area contributed by atoms with E-state index >= 15 is 0 Å². The lowest BCUT2D eigenvalue weighted by atomic mass is 10.2. The predicted octanol–water partition coefficient (Wildman–Crippen LogP) is 1.88. The molecule has 1 saturated heterocycles. The molecule has 2 aromatic heterocycles. The molecule has 9 heteroatoms. The lowest BCUT2D eigenvalue weighted by Gasteiger charge is -2.34. The molecule has 0 bridgehead atoms. The summed E-state index contributed by atoms with van der Waals surface area (Å²) in [6.07, 6.45) is 0. The van der Waals surface area contributed by atoms with Crippen molar-refractivity contribution in [2.75, 3.05) is 31.9 Å². The van der Waals surface area contributed by atoms with E-state index in [4.69, 9.17) is 0 Å². The number of thiophene rings is 1. The molecule has 3 heterocycles. The molecule has 1 fully saturated rings. The molecule has 1 aliphatic rings. The van der Waals surface area contributed by atoms with Crippen LogP contribution in [0.1, 0.15) is 24.3 Å². The summed E-state index contributed by atoms with van der Waals surface area (Å²) in [6, 6.07) is 0. The lowest BCUT2D eigenvalue weighted by molar-refractivity contribution is -0.136. The summed E-state index contributed by atoms with van der Waals surface area (Å²) in [6.45, 7) is 10.2. The number of aromatic nitrogens is 2. The summed E-state index contributed by atoms with van der Waals surface area (Å²) >= 11 is 2.83. The molecule has 0 spiro atoms. The number of carbonyl (C=O) groups is 2. The van der Waals surface area contributed by atoms with Crippen molar-refractivity contribution in [2.24, 2.45) is 0 Å². The number of thioether (sulfide) groups is 1. The normalized spacial score (nSPS) is 14.8. The third-order valence-electron chi connectivity index (χ3n) is 4.97. The van der Waals surface area contributed by atoms with Gasteiger partial charge in [-0.05, 0) is 26.3 Å². The van der Waals surface area contributed by atoms with Crippen LogP contribution in [0.25, 0.3) is 10.2 Å². The van der Waals surface area contributed by atoms with E-state index in [2.05, 4.69) is 4.98 Å². The molecule has 2 aromatic rings. The fourth-order valence-electron chi connectivity index (χ4n) is 3.19. The summed E-state index contributed by atoms with van der Waals surface area (Å²) in [5, 5.41) is 1.28. The average molecular weight is 409 g/mol. The van der Waals surface area contributed by atoms with Crippen LogP contribution in [0, 0.1) is 13.8 Å². The van der Waals surface area contributed by atoms with Crippen LogP contribution in [0.4, 0.5) is 0 Å². The fourth-order valence-corrected chi connectivity index (χ4v) is 5.22. The van der Waals surface area contributed by atoms with Gasteiger partial charge in [0.1, 0.15) is 4.83 Å². The summed E-state index contributed by atoms with van der Waals surface area (Å²) in [5.41, 5.74) is 0.958. The standard InChI is InChI=1S/C18H24N4O3S2/c1-5-22-17(25)15-11(2)12(3)27-16(15)19-18(22)26-10-14(24)21-8-6-20(7-9-21)13(4)23/h5-10H2,1-4H3. The van der Waals surface area contributed by atoms with Crippen molar-refractivity contribution in [3.8, 4) is 0 Å². The third kappa shape index (κ3) is 3.89. The molecule has 7 nitrogen and oxygen atoms in total. The predicted molar refractivity (Wildman–Crippen MR) is 109 cm³/mol. The number of amides is 2. The van der Waals surface area contributed by atoms with Crippen molar-refractivity contribution in [3.63, 3.8) is 0 Å². The highest BCUT2D eigenvalue weighted by atomic mass is 32.2. The number of piperazine rings is 1. The lowest BCUT2D eigenvalue weighted by Crippen LogP contribution is -2.50. The van der Waals surface area contributed by atoms with Gasteiger partial charge in [-0.1, -0.05) is 11.8 Å². The van der Waals surface area contributed by atoms with Crippen molar-refractivity contribution in [2.45, 2.75) is 39.4 Å². The molecule has 0 radical (unpaired) electrons. The van der Waals surface area contributed by atoms with Crippen LogP contribution in [-0.4, -0.2) is 63.1 Å². The number of aryl methyl sites for hydroxylation is 2. The number of carbonyl (C=O) groups excluding carboxylic acids is 2. The van der Waals surface area contributed by atoms with E-state index in [1.165, 1.54) is 23.1 Å². The maximum atomic E-state index is 12.8. The van der Waals surface area contributed by atoms with Gasteiger partial charge in [-0.15, -0.1) is 11.3 Å². The number of fused-ring (bicyclic) bond motifs is 1. The van der Waals surface area contributed by atoms with Crippen LogP contribution in [-0.2, 0) is 16.1 Å². The molecule has 0 unspecified atom stereocenters. The molecule has 27 heavy (non-hydrogen) atoms. The quantitative estimate of drug-likeness (QED) is 0.570. The van der Waals surface area contributed by atoms with Gasteiger partial charge in [0.05, 0.1) is 11.1 Å². The van der Waals surface area contributed by atoms with Gasteiger partial charge in [0.25, 0.3) is 5.56 Å². The van der Waals surface area contributed by atoms with Gasteiger partial charge < -0.3 is 9.80 Å². The van der Waals surface area contributed by atoms with Crippen LogP contribution in [0.15, 0.2) is 9.95 Å². The summed E-state index contributed by atoms with van der Waals surface area (Å²) in [4.78, 5) is 46.8. The second-order valence-corrected chi connectivity index (χ2v) is 8.73. The van der Waals surface area contributed by atoms with E-state index in [9.17, 15) is 14.4 Å². The third-order valence-corrected chi connectivity index (χ3v) is 7.03. The molecule has 0 atom stereocenters. The van der Waals surface area contributed by atoms with Crippen molar-refractivity contribution in [1.82, 2.24) is 19.4 Å². The minimum atomic E-state index is -0.0330. The fraction of sp³-hybridized carbons (Fsp3) is 0.556. The Kier molecular flexibility index (Phi) is 5.90. The molecule has 0 saturated carbocycles. The van der Waals surface area contributed by atoms with Gasteiger partial charge in [-0.3, -0.25) is 19.0 Å². The highest BCUT2D eigenvalue weighted by Crippen LogP contribution is 2.28. The Bertz CT molecular complexity index is 942. The zero-order valence-corrected chi connectivity index (χ0v) is 17.7. The van der Waals surface area contributed by atoms with Gasteiger partial charge in [-0.2, -0.15) is 0 Å². The molecular formula is C18H24N4O3S2. The number of hydrogen-bond acceptors (Lipinski definition) is 6. The Morgan fingerprint density at radius 2 is 1.78 bits per heavy atom. The van der Waals surface area contributed by atoms with Gasteiger partial charge in [0, 0.05) is 44.5 Å². The van der Waals surface area contributed by atoms with E-state index in [1.54, 1.807) is 21.3 Å². The molecule has 2 amide bonds. The first-order chi connectivity index (χ1) is 12.8. The van der Waals surface area contributed by atoms with E-state index < -0.39 is 0 Å². The van der Waals surface area contributed by atoms with Crippen molar-refractivity contribution < 1.29 is 9.59 Å². The first-order valence-corrected chi connectivity index (χ1v) is 10.8. The summed E-state index contributed by atoms with van der Waals surface area (Å²) in [5.74, 6) is 0.294. The van der Waals surface area contributed by atoms with Gasteiger partial charge in [0.2, 0.25) is 11.8 Å². The number of hydrogen-bond donors (Lipinski definition) is 0. The van der Waals surface area contributed by atoms with Gasteiger partial charge in [-0.25, -0.2) is 4.98 Å². The van der Waals surface area contributed by atoms with Crippen LogP contribution >= 0.6 is 23.1 Å². The van der Waals surface area contributed by atoms with Crippen molar-refractivity contribution in [1.29, 1.82) is 0 Å². The largest absolute Gasteiger partial charge is 0.339 e. The van der Waals surface area contributed by atoms with E-state index in [0.717, 1.165) is 15.3 Å². The smallest absolute Gasteiger partial charge is 0.263 e. The highest BCUT2D eigenvalue weighted by Gasteiger charge is 2.23. The van der Waals surface area contributed by atoms with Gasteiger partial charge >= 0.3 is 0 Å². The molecule has 0 N–H and O–H groups in total. The molecular weight excluding hydrogens is 384 g/mol. The minimum Gasteiger partial charge on any atom is -0.339 e. The van der Waals surface area contributed by atoms with E-state index in [1.807, 2.05) is 20.8 Å². The molecule has 146 valence electrons. The molecule has 0 aromatic carbocycles. The van der Waals surface area contributed by atoms with Gasteiger partial charge in [0.15, 0.2) is 5.16 Å². The zero-order valence-electron chi connectivity index (χ0n) is 16.1. The van der Waals surface area contributed by atoms with Crippen molar-refractivity contribution >= 4 is 45.1 Å². The SMILES string of the molecule is CCn1c(SCC(=O)N2CCN(C(C)=O)CC2)nc2sc(C)c(C)c2c1=O. The maximum absolute atomic E-state index is 12.8. The second kappa shape index (κ2) is 8.02. The molecule has 1 aliphatic heterocycles. The topological polar surface area (TPSA) is 75.5 Å². The van der Waals surface area contributed by atoms with Crippen molar-refractivity contribution in [3.05, 3.63) is 20.8 Å². The minimum absolute atomic E-state index is 0.0127. The van der Waals surface area contributed by atoms with E-state index in [-0.39, 0.29) is 23.1 Å². The first-order valence-electron chi connectivity index (χ1n) is 9.00. The molecule has 3 rings (SSSR count). The van der Waals surface area contributed by atoms with Crippen LogP contribution in [0.3, 0.4) is 0 Å². The zero-order chi connectivity index (χ0) is 19.7. The van der Waals surface area contributed by atoms with Crippen LogP contribution in [0.5, 0.6) is 0 Å². The monoisotopic (exact) mass is 408 g/mol. The Hall–Kier alpha value is -1.87. The maximum Gasteiger partial charge on any atom is 0.263 e. The second-order valence-electron chi connectivity index (χ2n) is 6.58. The average Bonchev–Trinajstić information content (AvgIpc) is 2.94. The Morgan fingerprint density at radius 3 is 2.37 bits per heavy atom. The Balaban J connectivity index is 1.74. The molecule has 0 aliphatic carbocycles. The van der Waals surface area contributed by atoms with E-state index in [0.29, 0.717) is 43.3 Å². The Labute approximate surface area is 166 Å². The number of rotatable bonds is 4. The highest BCUT2D eigenvalue weighted by molar-refractivity contribution is 7.99. The summed E-state index contributed by atoms with van der Waals surface area (Å²) in [7, 11) is 0. The number of nitrogens with zero attached hydrogens (tertiary/aromatic N) is 4.